The molecule has 3 atom stereocenters. The topological polar surface area (TPSA) is 21.3 Å². The molecule has 1 N–H and O–H groups in total. The number of hydrogen-bond donors (Lipinski definition) is 1. The molecule has 2 fully saturated rings. The van der Waals surface area contributed by atoms with Gasteiger partial charge in [0.25, 0.3) is 0 Å². The SMILES string of the molecule is CCCNC(C1CCOCC1)C1CC(C)CC(C)C1. The fraction of sp³-hybridized carbons (Fsp3) is 1.00. The predicted molar refractivity (Wildman–Crippen MR) is 81.3 cm³/mol. The Morgan fingerprint density at radius 2 is 1.63 bits per heavy atom. The van der Waals surface area contributed by atoms with Crippen LogP contribution < -0.4 is 5.32 Å². The van der Waals surface area contributed by atoms with E-state index in [0.717, 1.165) is 42.9 Å². The van der Waals surface area contributed by atoms with Gasteiger partial charge in [-0.1, -0.05) is 20.8 Å². The molecule has 19 heavy (non-hydrogen) atoms. The maximum Gasteiger partial charge on any atom is 0.0469 e. The molecular weight excluding hydrogens is 234 g/mol. The van der Waals surface area contributed by atoms with E-state index in [1.807, 2.05) is 0 Å². The molecule has 2 nitrogen and oxygen atoms in total. The van der Waals surface area contributed by atoms with Crippen molar-refractivity contribution in [1.82, 2.24) is 5.32 Å². The van der Waals surface area contributed by atoms with Crippen LogP contribution in [0.25, 0.3) is 0 Å². The maximum absolute atomic E-state index is 5.56. The molecule has 1 aliphatic heterocycles. The lowest BCUT2D eigenvalue weighted by Gasteiger charge is -2.41. The van der Waals surface area contributed by atoms with Gasteiger partial charge >= 0.3 is 0 Å². The second-order valence-corrected chi connectivity index (χ2v) is 7.11. The van der Waals surface area contributed by atoms with Crippen molar-refractivity contribution in [2.75, 3.05) is 19.8 Å². The Kier molecular flexibility index (Phi) is 6.15. The molecule has 1 aliphatic carbocycles. The zero-order valence-corrected chi connectivity index (χ0v) is 13.2. The molecule has 112 valence electrons. The minimum absolute atomic E-state index is 0.744. The zero-order chi connectivity index (χ0) is 13.7. The van der Waals surface area contributed by atoms with Crippen LogP contribution in [0.15, 0.2) is 0 Å². The summed E-state index contributed by atoms with van der Waals surface area (Å²) in [4.78, 5) is 0. The lowest BCUT2D eigenvalue weighted by molar-refractivity contribution is 0.0341. The average Bonchev–Trinajstić information content (AvgIpc) is 2.39. The van der Waals surface area contributed by atoms with Crippen molar-refractivity contribution in [1.29, 1.82) is 0 Å². The van der Waals surface area contributed by atoms with E-state index in [1.165, 1.54) is 45.1 Å². The first-order valence-electron chi connectivity index (χ1n) is 8.51. The Morgan fingerprint density at radius 3 is 2.21 bits per heavy atom. The summed E-state index contributed by atoms with van der Waals surface area (Å²) in [7, 11) is 0. The first kappa shape index (κ1) is 15.3. The predicted octanol–water partition coefficient (Wildman–Crippen LogP) is 3.85. The molecule has 0 bridgehead atoms. The third-order valence-electron chi connectivity index (χ3n) is 5.13. The molecule has 1 saturated heterocycles. The van der Waals surface area contributed by atoms with Crippen molar-refractivity contribution in [2.24, 2.45) is 23.7 Å². The molecular formula is C17H33NO. The number of ether oxygens (including phenoxy) is 1. The van der Waals surface area contributed by atoms with E-state index in [4.69, 9.17) is 4.74 Å². The summed E-state index contributed by atoms with van der Waals surface area (Å²) in [5.41, 5.74) is 0. The van der Waals surface area contributed by atoms with Gasteiger partial charge in [-0.25, -0.2) is 0 Å². The zero-order valence-electron chi connectivity index (χ0n) is 13.2. The van der Waals surface area contributed by atoms with Crippen LogP contribution in [0.1, 0.15) is 59.3 Å². The van der Waals surface area contributed by atoms with Gasteiger partial charge in [0.15, 0.2) is 0 Å². The summed E-state index contributed by atoms with van der Waals surface area (Å²) >= 11 is 0. The summed E-state index contributed by atoms with van der Waals surface area (Å²) in [6.07, 6.45) is 8.08. The first-order valence-corrected chi connectivity index (χ1v) is 8.51. The summed E-state index contributed by atoms with van der Waals surface area (Å²) in [6, 6.07) is 0.744. The summed E-state index contributed by atoms with van der Waals surface area (Å²) in [6.45, 7) is 10.3. The van der Waals surface area contributed by atoms with Crippen molar-refractivity contribution in [3.63, 3.8) is 0 Å². The molecule has 1 heterocycles. The summed E-state index contributed by atoms with van der Waals surface area (Å²) in [5, 5.41) is 3.89. The van der Waals surface area contributed by atoms with E-state index in [9.17, 15) is 0 Å². The van der Waals surface area contributed by atoms with Gasteiger partial charge in [0.1, 0.15) is 0 Å². The standard InChI is InChI=1S/C17H33NO/c1-4-7-18-17(15-5-8-19-9-6-15)16-11-13(2)10-14(3)12-16/h13-18H,4-12H2,1-3H3. The van der Waals surface area contributed by atoms with E-state index in [1.54, 1.807) is 0 Å². The molecule has 0 aromatic carbocycles. The minimum atomic E-state index is 0.744. The van der Waals surface area contributed by atoms with Crippen molar-refractivity contribution in [2.45, 2.75) is 65.3 Å². The Morgan fingerprint density at radius 1 is 1.00 bits per heavy atom. The van der Waals surface area contributed by atoms with E-state index in [-0.39, 0.29) is 0 Å². The van der Waals surface area contributed by atoms with Gasteiger partial charge in [0.05, 0.1) is 0 Å². The Bertz CT molecular complexity index is 240. The van der Waals surface area contributed by atoms with Gasteiger partial charge in [-0.05, 0) is 68.7 Å². The van der Waals surface area contributed by atoms with Gasteiger partial charge in [0, 0.05) is 19.3 Å². The van der Waals surface area contributed by atoms with E-state index >= 15 is 0 Å². The lowest BCUT2D eigenvalue weighted by Crippen LogP contribution is -2.46. The quantitative estimate of drug-likeness (QED) is 0.817. The van der Waals surface area contributed by atoms with Gasteiger partial charge in [-0.15, -0.1) is 0 Å². The third kappa shape index (κ3) is 4.46. The van der Waals surface area contributed by atoms with E-state index in [0.29, 0.717) is 0 Å². The van der Waals surface area contributed by atoms with Crippen LogP contribution in [0.5, 0.6) is 0 Å². The Balaban J connectivity index is 1.98. The number of rotatable bonds is 5. The molecule has 3 unspecified atom stereocenters. The first-order chi connectivity index (χ1) is 9.20. The smallest absolute Gasteiger partial charge is 0.0469 e. The van der Waals surface area contributed by atoms with Crippen LogP contribution >= 0.6 is 0 Å². The minimum Gasteiger partial charge on any atom is -0.381 e. The highest BCUT2D eigenvalue weighted by Gasteiger charge is 2.34. The number of hydrogen-bond acceptors (Lipinski definition) is 2. The largest absolute Gasteiger partial charge is 0.381 e. The molecule has 2 heteroatoms. The fourth-order valence-corrected chi connectivity index (χ4v) is 4.41. The van der Waals surface area contributed by atoms with Crippen LogP contribution in [-0.2, 0) is 4.74 Å². The highest BCUT2D eigenvalue weighted by molar-refractivity contribution is 4.88. The molecule has 0 aromatic rings. The van der Waals surface area contributed by atoms with Crippen molar-refractivity contribution in [3.8, 4) is 0 Å². The third-order valence-corrected chi connectivity index (χ3v) is 5.13. The molecule has 0 spiro atoms. The lowest BCUT2D eigenvalue weighted by atomic mass is 9.70. The fourth-order valence-electron chi connectivity index (χ4n) is 4.41. The van der Waals surface area contributed by atoms with Gasteiger partial charge in [-0.3, -0.25) is 0 Å². The Hall–Kier alpha value is -0.0800. The Labute approximate surface area is 119 Å². The molecule has 2 aliphatic rings. The monoisotopic (exact) mass is 267 g/mol. The van der Waals surface area contributed by atoms with E-state index < -0.39 is 0 Å². The second kappa shape index (κ2) is 7.64. The van der Waals surface area contributed by atoms with Gasteiger partial charge in [-0.2, -0.15) is 0 Å². The normalized spacial score (nSPS) is 35.2. The second-order valence-electron chi connectivity index (χ2n) is 7.11. The highest BCUT2D eigenvalue weighted by atomic mass is 16.5. The average molecular weight is 267 g/mol. The van der Waals surface area contributed by atoms with Gasteiger partial charge < -0.3 is 10.1 Å². The molecule has 0 radical (unpaired) electrons. The van der Waals surface area contributed by atoms with Crippen molar-refractivity contribution >= 4 is 0 Å². The van der Waals surface area contributed by atoms with Crippen LogP contribution in [-0.4, -0.2) is 25.8 Å². The molecule has 1 saturated carbocycles. The van der Waals surface area contributed by atoms with Crippen LogP contribution in [0.4, 0.5) is 0 Å². The van der Waals surface area contributed by atoms with Crippen LogP contribution in [0.2, 0.25) is 0 Å². The molecule has 0 aromatic heterocycles. The van der Waals surface area contributed by atoms with Gasteiger partial charge in [0.2, 0.25) is 0 Å². The van der Waals surface area contributed by atoms with E-state index in [2.05, 4.69) is 26.1 Å². The summed E-state index contributed by atoms with van der Waals surface area (Å²) in [5.74, 6) is 3.58. The van der Waals surface area contributed by atoms with Crippen LogP contribution in [0, 0.1) is 23.7 Å². The molecule has 0 amide bonds. The van der Waals surface area contributed by atoms with Crippen molar-refractivity contribution in [3.05, 3.63) is 0 Å². The maximum atomic E-state index is 5.56. The van der Waals surface area contributed by atoms with Crippen LogP contribution in [0.3, 0.4) is 0 Å². The molecule has 2 rings (SSSR count). The van der Waals surface area contributed by atoms with Crippen molar-refractivity contribution < 1.29 is 4.74 Å². The highest BCUT2D eigenvalue weighted by Crippen LogP contribution is 2.38. The number of nitrogens with one attached hydrogen (secondary N) is 1. The summed E-state index contributed by atoms with van der Waals surface area (Å²) < 4.78 is 5.56.